The van der Waals surface area contributed by atoms with Gasteiger partial charge in [0.2, 0.25) is 0 Å². The van der Waals surface area contributed by atoms with Gasteiger partial charge in [-0.2, -0.15) is 0 Å². The van der Waals surface area contributed by atoms with Gasteiger partial charge < -0.3 is 14.6 Å². The molecule has 106 valence electrons. The molecule has 1 fully saturated rings. The third-order valence-electron chi connectivity index (χ3n) is 3.63. The Bertz CT molecular complexity index is 560. The smallest absolute Gasteiger partial charge is 0.0951 e. The van der Waals surface area contributed by atoms with Gasteiger partial charge in [0.1, 0.15) is 0 Å². The fraction of sp³-hybridized carbons (Fsp3) is 0.438. The summed E-state index contributed by atoms with van der Waals surface area (Å²) >= 11 is 0. The summed E-state index contributed by atoms with van der Waals surface area (Å²) in [7, 11) is 0. The van der Waals surface area contributed by atoms with Gasteiger partial charge in [0, 0.05) is 30.1 Å². The lowest BCUT2D eigenvalue weighted by Gasteiger charge is -2.13. The molecule has 0 spiro atoms. The highest BCUT2D eigenvalue weighted by Gasteiger charge is 2.24. The van der Waals surface area contributed by atoms with Gasteiger partial charge in [0.25, 0.3) is 0 Å². The molecule has 1 aliphatic rings. The van der Waals surface area contributed by atoms with Gasteiger partial charge in [-0.25, -0.2) is 4.98 Å². The Labute approximate surface area is 119 Å². The van der Waals surface area contributed by atoms with Gasteiger partial charge in [-0.3, -0.25) is 0 Å². The number of ether oxygens (including phenoxy) is 1. The molecular weight excluding hydrogens is 250 g/mol. The molecule has 1 aromatic carbocycles. The van der Waals surface area contributed by atoms with E-state index in [2.05, 4.69) is 33.1 Å². The molecule has 20 heavy (non-hydrogen) atoms. The Balaban J connectivity index is 1.66. The van der Waals surface area contributed by atoms with Crippen LogP contribution in [-0.2, 0) is 17.9 Å². The van der Waals surface area contributed by atoms with Gasteiger partial charge in [-0.15, -0.1) is 0 Å². The Morgan fingerprint density at radius 2 is 2.20 bits per heavy atom. The van der Waals surface area contributed by atoms with E-state index in [4.69, 9.17) is 4.74 Å². The molecule has 0 aliphatic heterocycles. The average Bonchev–Trinajstić information content (AvgIpc) is 3.22. The van der Waals surface area contributed by atoms with Crippen molar-refractivity contribution in [2.45, 2.75) is 39.0 Å². The Morgan fingerprint density at radius 1 is 1.35 bits per heavy atom. The minimum absolute atomic E-state index is 0.654. The predicted molar refractivity (Wildman–Crippen MR) is 79.6 cm³/mol. The molecule has 0 amide bonds. The SMILES string of the molecule is CCOCc1ccccc1NCc1cncn1C1CC1. The first kappa shape index (κ1) is 13.2. The monoisotopic (exact) mass is 271 g/mol. The summed E-state index contributed by atoms with van der Waals surface area (Å²) in [4.78, 5) is 4.27. The normalized spacial score (nSPS) is 14.4. The second-order valence-electron chi connectivity index (χ2n) is 5.17. The third-order valence-corrected chi connectivity index (χ3v) is 3.63. The summed E-state index contributed by atoms with van der Waals surface area (Å²) in [6, 6.07) is 8.99. The molecule has 0 atom stereocenters. The van der Waals surface area contributed by atoms with Crippen molar-refractivity contribution in [1.29, 1.82) is 0 Å². The van der Waals surface area contributed by atoms with E-state index < -0.39 is 0 Å². The first-order valence-corrected chi connectivity index (χ1v) is 7.28. The van der Waals surface area contributed by atoms with E-state index in [-0.39, 0.29) is 0 Å². The lowest BCUT2D eigenvalue weighted by molar-refractivity contribution is 0.134. The summed E-state index contributed by atoms with van der Waals surface area (Å²) in [5.74, 6) is 0. The van der Waals surface area contributed by atoms with E-state index in [9.17, 15) is 0 Å². The number of para-hydroxylation sites is 1. The van der Waals surface area contributed by atoms with Crippen LogP contribution in [0.1, 0.15) is 37.1 Å². The number of aromatic nitrogens is 2. The highest BCUT2D eigenvalue weighted by atomic mass is 16.5. The summed E-state index contributed by atoms with van der Waals surface area (Å²) in [5, 5.41) is 3.51. The molecule has 4 heteroatoms. The number of hydrogen-bond acceptors (Lipinski definition) is 3. The van der Waals surface area contributed by atoms with Crippen LogP contribution in [0.15, 0.2) is 36.8 Å². The van der Waals surface area contributed by atoms with Crippen molar-refractivity contribution in [3.63, 3.8) is 0 Å². The average molecular weight is 271 g/mol. The molecular formula is C16H21N3O. The largest absolute Gasteiger partial charge is 0.379 e. The van der Waals surface area contributed by atoms with E-state index in [0.29, 0.717) is 12.6 Å². The Morgan fingerprint density at radius 3 is 3.00 bits per heavy atom. The molecule has 0 saturated heterocycles. The van der Waals surface area contributed by atoms with Crippen molar-refractivity contribution in [3.05, 3.63) is 48.0 Å². The van der Waals surface area contributed by atoms with Crippen molar-refractivity contribution in [3.8, 4) is 0 Å². The van der Waals surface area contributed by atoms with Crippen LogP contribution in [0.5, 0.6) is 0 Å². The first-order chi connectivity index (χ1) is 9.88. The van der Waals surface area contributed by atoms with E-state index in [1.165, 1.54) is 24.1 Å². The van der Waals surface area contributed by atoms with Crippen LogP contribution >= 0.6 is 0 Å². The van der Waals surface area contributed by atoms with Crippen molar-refractivity contribution >= 4 is 5.69 Å². The van der Waals surface area contributed by atoms with Crippen molar-refractivity contribution in [2.24, 2.45) is 0 Å². The standard InChI is InChI=1S/C16H21N3O/c1-2-20-11-13-5-3-4-6-16(13)18-10-15-9-17-12-19(15)14-7-8-14/h3-6,9,12,14,18H,2,7-8,10-11H2,1H3. The lowest BCUT2D eigenvalue weighted by atomic mass is 10.2. The van der Waals surface area contributed by atoms with E-state index >= 15 is 0 Å². The minimum atomic E-state index is 0.654. The maximum Gasteiger partial charge on any atom is 0.0951 e. The maximum atomic E-state index is 5.51. The van der Waals surface area contributed by atoms with Crippen molar-refractivity contribution < 1.29 is 4.74 Å². The number of rotatable bonds is 7. The quantitative estimate of drug-likeness (QED) is 0.839. The van der Waals surface area contributed by atoms with E-state index in [1.807, 2.05) is 25.5 Å². The molecule has 0 unspecified atom stereocenters. The molecule has 1 heterocycles. The van der Waals surface area contributed by atoms with Crippen LogP contribution in [0.3, 0.4) is 0 Å². The lowest BCUT2D eigenvalue weighted by Crippen LogP contribution is -2.07. The fourth-order valence-electron chi connectivity index (χ4n) is 2.37. The predicted octanol–water partition coefficient (Wildman–Crippen LogP) is 3.37. The fourth-order valence-corrected chi connectivity index (χ4v) is 2.37. The second kappa shape index (κ2) is 6.09. The number of imidazole rings is 1. The van der Waals surface area contributed by atoms with Gasteiger partial charge in [0.05, 0.1) is 25.2 Å². The summed E-state index contributed by atoms with van der Waals surface area (Å²) in [6.07, 6.45) is 6.46. The van der Waals surface area contributed by atoms with E-state index in [1.54, 1.807) is 0 Å². The molecule has 0 bridgehead atoms. The van der Waals surface area contributed by atoms with Crippen LogP contribution < -0.4 is 5.32 Å². The van der Waals surface area contributed by atoms with Gasteiger partial charge >= 0.3 is 0 Å². The number of hydrogen-bond donors (Lipinski definition) is 1. The van der Waals surface area contributed by atoms with Crippen LogP contribution in [0, 0.1) is 0 Å². The van der Waals surface area contributed by atoms with Gasteiger partial charge in [-0.1, -0.05) is 18.2 Å². The molecule has 0 radical (unpaired) electrons. The second-order valence-corrected chi connectivity index (χ2v) is 5.17. The molecule has 1 saturated carbocycles. The van der Waals surface area contributed by atoms with Crippen LogP contribution in [-0.4, -0.2) is 16.2 Å². The van der Waals surface area contributed by atoms with Crippen LogP contribution in [0.4, 0.5) is 5.69 Å². The topological polar surface area (TPSA) is 39.1 Å². The maximum absolute atomic E-state index is 5.51. The minimum Gasteiger partial charge on any atom is -0.379 e. The highest BCUT2D eigenvalue weighted by molar-refractivity contribution is 5.50. The number of nitrogens with zero attached hydrogens (tertiary/aromatic N) is 2. The van der Waals surface area contributed by atoms with E-state index in [0.717, 1.165) is 18.8 Å². The Kier molecular flexibility index (Phi) is 4.02. The number of benzene rings is 1. The summed E-state index contributed by atoms with van der Waals surface area (Å²) in [6.45, 7) is 4.22. The highest BCUT2D eigenvalue weighted by Crippen LogP contribution is 2.35. The van der Waals surface area contributed by atoms with Crippen LogP contribution in [0.2, 0.25) is 0 Å². The van der Waals surface area contributed by atoms with Crippen molar-refractivity contribution in [1.82, 2.24) is 9.55 Å². The van der Waals surface area contributed by atoms with Crippen LogP contribution in [0.25, 0.3) is 0 Å². The summed E-state index contributed by atoms with van der Waals surface area (Å²) < 4.78 is 7.80. The summed E-state index contributed by atoms with van der Waals surface area (Å²) in [5.41, 5.74) is 3.59. The molecule has 1 aliphatic carbocycles. The Hall–Kier alpha value is -1.81. The number of anilines is 1. The molecule has 3 rings (SSSR count). The van der Waals surface area contributed by atoms with Crippen molar-refractivity contribution in [2.75, 3.05) is 11.9 Å². The first-order valence-electron chi connectivity index (χ1n) is 7.28. The third kappa shape index (κ3) is 3.02. The zero-order chi connectivity index (χ0) is 13.8. The molecule has 1 N–H and O–H groups in total. The molecule has 2 aromatic rings. The zero-order valence-electron chi connectivity index (χ0n) is 11.9. The van der Waals surface area contributed by atoms with Gasteiger partial charge in [-0.05, 0) is 25.8 Å². The molecule has 4 nitrogen and oxygen atoms in total. The van der Waals surface area contributed by atoms with Gasteiger partial charge in [0.15, 0.2) is 0 Å². The molecule has 1 aromatic heterocycles. The number of nitrogens with one attached hydrogen (secondary N) is 1. The zero-order valence-corrected chi connectivity index (χ0v) is 11.9.